The van der Waals surface area contributed by atoms with Crippen LogP contribution in [0.4, 0.5) is 13.2 Å². The Labute approximate surface area is 105 Å². The van der Waals surface area contributed by atoms with Crippen LogP contribution >= 0.6 is 0 Å². The number of hydrogen-bond donors (Lipinski definition) is 1. The number of nitrogens with two attached hydrogens (primary N) is 1. The van der Waals surface area contributed by atoms with Crippen molar-refractivity contribution in [2.24, 2.45) is 17.6 Å². The molecule has 0 spiro atoms. The molecule has 0 bridgehead atoms. The van der Waals surface area contributed by atoms with Crippen molar-refractivity contribution in [3.05, 3.63) is 35.1 Å². The number of halogens is 3. The summed E-state index contributed by atoms with van der Waals surface area (Å²) >= 11 is 0. The summed E-state index contributed by atoms with van der Waals surface area (Å²) in [6.45, 7) is 2.14. The van der Waals surface area contributed by atoms with Gasteiger partial charge in [-0.05, 0) is 30.7 Å². The van der Waals surface area contributed by atoms with Crippen molar-refractivity contribution in [1.29, 1.82) is 0 Å². The molecule has 1 aromatic carbocycles. The Bertz CT molecular complexity index is 433. The first-order chi connectivity index (χ1) is 8.50. The minimum atomic E-state index is -1.42. The van der Waals surface area contributed by atoms with Gasteiger partial charge < -0.3 is 5.73 Å². The molecule has 4 heteroatoms. The first-order valence-corrected chi connectivity index (χ1v) is 6.39. The van der Waals surface area contributed by atoms with Gasteiger partial charge in [0.2, 0.25) is 0 Å². The molecule has 0 radical (unpaired) electrons. The molecule has 100 valence electrons. The molecule has 1 nitrogen and oxygen atoms in total. The number of hydrogen-bond acceptors (Lipinski definition) is 1. The van der Waals surface area contributed by atoms with Crippen molar-refractivity contribution in [1.82, 2.24) is 0 Å². The topological polar surface area (TPSA) is 26.0 Å². The Kier molecular flexibility index (Phi) is 3.95. The molecule has 0 saturated heterocycles. The molecule has 1 aliphatic rings. The normalized spacial score (nSPS) is 26.1. The minimum absolute atomic E-state index is 0.0907. The van der Waals surface area contributed by atoms with Crippen LogP contribution in [0.2, 0.25) is 0 Å². The molecule has 0 amide bonds. The lowest BCUT2D eigenvalue weighted by atomic mass is 9.77. The molecule has 0 heterocycles. The summed E-state index contributed by atoms with van der Waals surface area (Å²) in [5.74, 6) is -3.02. The fourth-order valence-electron chi connectivity index (χ4n) is 2.86. The summed E-state index contributed by atoms with van der Waals surface area (Å²) in [6, 6.07) is 1.65. The number of benzene rings is 1. The minimum Gasteiger partial charge on any atom is -0.324 e. The molecule has 0 aromatic heterocycles. The van der Waals surface area contributed by atoms with Gasteiger partial charge in [-0.3, -0.25) is 0 Å². The van der Waals surface area contributed by atoms with Crippen LogP contribution in [-0.4, -0.2) is 0 Å². The van der Waals surface area contributed by atoms with Crippen molar-refractivity contribution in [2.75, 3.05) is 0 Å². The molecule has 1 saturated carbocycles. The van der Waals surface area contributed by atoms with Crippen LogP contribution in [0, 0.1) is 29.3 Å². The van der Waals surface area contributed by atoms with Gasteiger partial charge in [0.15, 0.2) is 17.5 Å². The molecule has 18 heavy (non-hydrogen) atoms. The highest BCUT2D eigenvalue weighted by atomic mass is 19.2. The fourth-order valence-corrected chi connectivity index (χ4v) is 2.86. The average Bonchev–Trinajstić information content (AvgIpc) is 2.35. The monoisotopic (exact) mass is 257 g/mol. The highest BCUT2D eigenvalue weighted by molar-refractivity contribution is 5.24. The lowest BCUT2D eigenvalue weighted by Crippen LogP contribution is -2.27. The predicted molar refractivity (Wildman–Crippen MR) is 64.4 cm³/mol. The second-order valence-electron chi connectivity index (χ2n) is 5.32. The quantitative estimate of drug-likeness (QED) is 0.798. The molecule has 3 atom stereocenters. The summed E-state index contributed by atoms with van der Waals surface area (Å²) in [4.78, 5) is 0. The molecule has 3 unspecified atom stereocenters. The average molecular weight is 257 g/mol. The summed E-state index contributed by atoms with van der Waals surface area (Å²) in [7, 11) is 0. The smallest absolute Gasteiger partial charge is 0.194 e. The molecule has 2 rings (SSSR count). The van der Waals surface area contributed by atoms with Crippen LogP contribution in [-0.2, 0) is 0 Å². The fraction of sp³-hybridized carbons (Fsp3) is 0.571. The van der Waals surface area contributed by atoms with Gasteiger partial charge >= 0.3 is 0 Å². The van der Waals surface area contributed by atoms with Crippen LogP contribution in [0.25, 0.3) is 0 Å². The van der Waals surface area contributed by atoms with Crippen LogP contribution in [0.5, 0.6) is 0 Å². The van der Waals surface area contributed by atoms with Gasteiger partial charge in [0.05, 0.1) is 0 Å². The van der Waals surface area contributed by atoms with E-state index in [-0.39, 0.29) is 11.5 Å². The van der Waals surface area contributed by atoms with Crippen molar-refractivity contribution in [2.45, 2.75) is 38.6 Å². The molecule has 1 aromatic rings. The number of rotatable bonds is 2. The summed E-state index contributed by atoms with van der Waals surface area (Å²) < 4.78 is 39.7. The van der Waals surface area contributed by atoms with Gasteiger partial charge in [-0.25, -0.2) is 13.2 Å². The van der Waals surface area contributed by atoms with Gasteiger partial charge in [-0.1, -0.05) is 25.8 Å². The Hall–Kier alpha value is -1.03. The Morgan fingerprint density at radius 2 is 1.89 bits per heavy atom. The molecule has 2 N–H and O–H groups in total. The van der Waals surface area contributed by atoms with Crippen molar-refractivity contribution >= 4 is 0 Å². The molecule has 1 fully saturated rings. The predicted octanol–water partition coefficient (Wildman–Crippen LogP) is 3.93. The van der Waals surface area contributed by atoms with E-state index in [1.165, 1.54) is 6.07 Å². The van der Waals surface area contributed by atoms with E-state index in [9.17, 15) is 13.2 Å². The lowest BCUT2D eigenvalue weighted by molar-refractivity contribution is 0.244. The molecular formula is C14H18F3N. The van der Waals surface area contributed by atoms with E-state index in [4.69, 9.17) is 5.73 Å². The van der Waals surface area contributed by atoms with Crippen LogP contribution < -0.4 is 5.73 Å². The van der Waals surface area contributed by atoms with Crippen LogP contribution in [0.1, 0.15) is 44.2 Å². The van der Waals surface area contributed by atoms with Gasteiger partial charge in [0.25, 0.3) is 0 Å². The van der Waals surface area contributed by atoms with E-state index >= 15 is 0 Å². The second-order valence-corrected chi connectivity index (χ2v) is 5.32. The van der Waals surface area contributed by atoms with E-state index in [1.807, 2.05) is 0 Å². The summed E-state index contributed by atoms with van der Waals surface area (Å²) in [5.41, 5.74) is 6.11. The lowest BCUT2D eigenvalue weighted by Gasteiger charge is -2.31. The van der Waals surface area contributed by atoms with E-state index < -0.39 is 23.5 Å². The highest BCUT2D eigenvalue weighted by Gasteiger charge is 2.28. The largest absolute Gasteiger partial charge is 0.324 e. The second kappa shape index (κ2) is 5.31. The zero-order chi connectivity index (χ0) is 13.3. The Balaban J connectivity index is 2.23. The van der Waals surface area contributed by atoms with Gasteiger partial charge in [-0.15, -0.1) is 0 Å². The van der Waals surface area contributed by atoms with Crippen LogP contribution in [0.3, 0.4) is 0 Å². The third-order valence-electron chi connectivity index (χ3n) is 3.91. The molecule has 1 aliphatic carbocycles. The molecular weight excluding hydrogens is 239 g/mol. The maximum atomic E-state index is 13.7. The van der Waals surface area contributed by atoms with Crippen molar-refractivity contribution in [3.63, 3.8) is 0 Å². The SMILES string of the molecule is CC1CCCC(C(N)c2ccc(F)c(F)c2F)C1. The Morgan fingerprint density at radius 3 is 2.56 bits per heavy atom. The van der Waals surface area contributed by atoms with Gasteiger partial charge in [0.1, 0.15) is 0 Å². The van der Waals surface area contributed by atoms with Gasteiger partial charge in [0, 0.05) is 11.6 Å². The highest BCUT2D eigenvalue weighted by Crippen LogP contribution is 2.36. The van der Waals surface area contributed by atoms with Crippen molar-refractivity contribution < 1.29 is 13.2 Å². The van der Waals surface area contributed by atoms with Crippen molar-refractivity contribution in [3.8, 4) is 0 Å². The van der Waals surface area contributed by atoms with E-state index in [2.05, 4.69) is 6.92 Å². The van der Waals surface area contributed by atoms with E-state index in [1.54, 1.807) is 0 Å². The van der Waals surface area contributed by atoms with E-state index in [0.717, 1.165) is 31.7 Å². The van der Waals surface area contributed by atoms with Gasteiger partial charge in [-0.2, -0.15) is 0 Å². The first-order valence-electron chi connectivity index (χ1n) is 6.39. The van der Waals surface area contributed by atoms with Crippen LogP contribution in [0.15, 0.2) is 12.1 Å². The standard InChI is InChI=1S/C14H18F3N/c1-8-3-2-4-9(7-8)14(18)10-5-6-11(15)13(17)12(10)16/h5-6,8-9,14H,2-4,7,18H2,1H3. The third kappa shape index (κ3) is 2.53. The summed E-state index contributed by atoms with van der Waals surface area (Å²) in [5, 5.41) is 0. The summed E-state index contributed by atoms with van der Waals surface area (Å²) in [6.07, 6.45) is 4.05. The van der Waals surface area contributed by atoms with E-state index in [0.29, 0.717) is 5.92 Å². The maximum Gasteiger partial charge on any atom is 0.194 e. The third-order valence-corrected chi connectivity index (χ3v) is 3.91. The first kappa shape index (κ1) is 13.4. The zero-order valence-corrected chi connectivity index (χ0v) is 10.4. The Morgan fingerprint density at radius 1 is 1.17 bits per heavy atom. The molecule has 0 aliphatic heterocycles. The zero-order valence-electron chi connectivity index (χ0n) is 10.4. The maximum absolute atomic E-state index is 13.7.